The number of hydrogen-bond acceptors (Lipinski definition) is 7. The van der Waals surface area contributed by atoms with E-state index in [2.05, 4.69) is 4.74 Å². The fourth-order valence-electron chi connectivity index (χ4n) is 1.06. The van der Waals surface area contributed by atoms with Crippen LogP contribution < -0.4 is 34.7 Å². The molecule has 1 fully saturated rings. The Morgan fingerprint density at radius 2 is 1.57 bits per heavy atom. The van der Waals surface area contributed by atoms with Gasteiger partial charge in [-0.25, -0.2) is 0 Å². The van der Waals surface area contributed by atoms with E-state index in [-0.39, 0.29) is 29.6 Å². The number of carbonyl (C=O) groups is 1. The second-order valence-electron chi connectivity index (χ2n) is 2.74. The van der Waals surface area contributed by atoms with Crippen LogP contribution in [0, 0.1) is 0 Å². The Morgan fingerprint density at radius 1 is 1.07 bits per heavy atom. The molecule has 76 valence electrons. The van der Waals surface area contributed by atoms with E-state index in [0.29, 0.717) is 0 Å². The van der Waals surface area contributed by atoms with Crippen LogP contribution in [0.4, 0.5) is 0 Å². The number of aliphatic hydroxyl groups is 4. The number of rotatable bonds is 1. The van der Waals surface area contributed by atoms with Gasteiger partial charge in [-0.15, -0.1) is 0 Å². The fraction of sp³-hybridized carbons (Fsp3) is 0.833. The van der Waals surface area contributed by atoms with E-state index in [0.717, 1.165) is 0 Å². The second-order valence-corrected chi connectivity index (χ2v) is 2.74. The van der Waals surface area contributed by atoms with Crippen LogP contribution in [0.15, 0.2) is 0 Å². The molecule has 0 aromatic rings. The monoisotopic (exact) mass is 216 g/mol. The number of carboxylic acids is 1. The first-order valence-electron chi connectivity index (χ1n) is 3.53. The van der Waals surface area contributed by atoms with Crippen molar-refractivity contribution in [2.45, 2.75) is 30.7 Å². The van der Waals surface area contributed by atoms with Gasteiger partial charge in [0.2, 0.25) is 0 Å². The van der Waals surface area contributed by atoms with E-state index < -0.39 is 36.7 Å². The molecule has 1 aliphatic rings. The van der Waals surface area contributed by atoms with Gasteiger partial charge in [-0.2, -0.15) is 0 Å². The van der Waals surface area contributed by atoms with Crippen molar-refractivity contribution in [2.24, 2.45) is 0 Å². The van der Waals surface area contributed by atoms with Crippen molar-refractivity contribution in [2.75, 3.05) is 0 Å². The molecule has 0 aliphatic carbocycles. The fourth-order valence-corrected chi connectivity index (χ4v) is 1.06. The molecule has 0 aromatic heterocycles. The third kappa shape index (κ3) is 2.65. The standard InChI is InChI=1S/C6H10O7.Na/c7-1-2(8)4(5(10)11)13-6(12)3(1)9;/h1-4,6-9,12H,(H,10,11);/q;+1/p-1/t1-,2-,3-,4+,6?;/m1./s1. The first-order chi connectivity index (χ1) is 5.95. The Morgan fingerprint density at radius 3 is 2.00 bits per heavy atom. The van der Waals surface area contributed by atoms with Crippen LogP contribution in [0.3, 0.4) is 0 Å². The van der Waals surface area contributed by atoms with Crippen molar-refractivity contribution >= 4 is 5.97 Å². The molecule has 7 nitrogen and oxygen atoms in total. The number of ether oxygens (including phenoxy) is 1. The summed E-state index contributed by atoms with van der Waals surface area (Å²) in [4.78, 5) is 10.3. The Bertz CT molecular complexity index is 210. The Kier molecular flexibility index (Phi) is 5.48. The molecule has 14 heavy (non-hydrogen) atoms. The molecule has 1 saturated heterocycles. The molecular formula is C6H9NaO7. The van der Waals surface area contributed by atoms with Crippen molar-refractivity contribution in [1.29, 1.82) is 0 Å². The number of carbonyl (C=O) groups excluding carboxylic acids is 1. The van der Waals surface area contributed by atoms with Gasteiger partial charge in [-0.1, -0.05) is 0 Å². The molecule has 1 rings (SSSR count). The Labute approximate surface area is 101 Å². The van der Waals surface area contributed by atoms with Gasteiger partial charge >= 0.3 is 29.6 Å². The van der Waals surface area contributed by atoms with Crippen LogP contribution in [-0.2, 0) is 9.53 Å². The van der Waals surface area contributed by atoms with Crippen LogP contribution in [-0.4, -0.2) is 57.1 Å². The molecule has 1 aliphatic heterocycles. The summed E-state index contributed by atoms with van der Waals surface area (Å²) in [6.45, 7) is 0. The largest absolute Gasteiger partial charge is 1.00 e. The summed E-state index contributed by atoms with van der Waals surface area (Å²) in [5.41, 5.74) is 0. The molecule has 0 aromatic carbocycles. The zero-order valence-corrected chi connectivity index (χ0v) is 9.40. The number of aliphatic carboxylic acids is 1. The van der Waals surface area contributed by atoms with Crippen molar-refractivity contribution in [3.8, 4) is 0 Å². The average Bonchev–Trinajstić information content (AvgIpc) is 2.07. The maximum Gasteiger partial charge on any atom is 1.00 e. The number of carboxylic acid groups (broad SMARTS) is 1. The summed E-state index contributed by atoms with van der Waals surface area (Å²) in [7, 11) is 0. The molecule has 5 atom stereocenters. The van der Waals surface area contributed by atoms with E-state index in [4.69, 9.17) is 20.4 Å². The van der Waals surface area contributed by atoms with E-state index in [1.165, 1.54) is 0 Å². The molecule has 8 heteroatoms. The van der Waals surface area contributed by atoms with E-state index in [1.807, 2.05) is 0 Å². The second kappa shape index (κ2) is 5.38. The van der Waals surface area contributed by atoms with Crippen molar-refractivity contribution in [1.82, 2.24) is 0 Å². The maximum atomic E-state index is 10.3. The summed E-state index contributed by atoms with van der Waals surface area (Å²) in [6, 6.07) is 0. The third-order valence-electron chi connectivity index (χ3n) is 1.82. The topological polar surface area (TPSA) is 130 Å². The normalized spacial score (nSPS) is 42.7. The molecule has 0 spiro atoms. The third-order valence-corrected chi connectivity index (χ3v) is 1.82. The molecule has 4 N–H and O–H groups in total. The summed E-state index contributed by atoms with van der Waals surface area (Å²) < 4.78 is 4.28. The minimum Gasteiger partial charge on any atom is -0.547 e. The SMILES string of the molecule is O=C([O-])[C@H]1OC(O)[C@H](O)[C@H](O)[C@H]1O.[Na+]. The van der Waals surface area contributed by atoms with Gasteiger partial charge < -0.3 is 35.1 Å². The van der Waals surface area contributed by atoms with Gasteiger partial charge in [0.15, 0.2) is 6.29 Å². The quantitative estimate of drug-likeness (QED) is 0.320. The Balaban J connectivity index is 0.00000169. The predicted octanol–water partition coefficient (Wildman–Crippen LogP) is -7.46. The van der Waals surface area contributed by atoms with Crippen LogP contribution in [0.25, 0.3) is 0 Å². The van der Waals surface area contributed by atoms with Gasteiger partial charge in [-0.3, -0.25) is 0 Å². The van der Waals surface area contributed by atoms with Crippen molar-refractivity contribution in [3.63, 3.8) is 0 Å². The summed E-state index contributed by atoms with van der Waals surface area (Å²) >= 11 is 0. The van der Waals surface area contributed by atoms with E-state index in [1.54, 1.807) is 0 Å². The molecule has 0 bridgehead atoms. The van der Waals surface area contributed by atoms with Crippen molar-refractivity contribution in [3.05, 3.63) is 0 Å². The van der Waals surface area contributed by atoms with E-state index >= 15 is 0 Å². The average molecular weight is 216 g/mol. The van der Waals surface area contributed by atoms with Gasteiger partial charge in [0, 0.05) is 0 Å². The zero-order valence-electron chi connectivity index (χ0n) is 7.40. The van der Waals surface area contributed by atoms with Crippen LogP contribution >= 0.6 is 0 Å². The predicted molar refractivity (Wildman–Crippen MR) is 33.9 cm³/mol. The minimum absolute atomic E-state index is 0. The molecule has 0 amide bonds. The van der Waals surface area contributed by atoms with Crippen LogP contribution in [0.2, 0.25) is 0 Å². The minimum atomic E-state index is -1.85. The molecule has 0 saturated carbocycles. The summed E-state index contributed by atoms with van der Waals surface area (Å²) in [5, 5.41) is 46.1. The zero-order chi connectivity index (χ0) is 10.2. The number of aliphatic hydroxyl groups excluding tert-OH is 4. The van der Waals surface area contributed by atoms with Gasteiger partial charge in [-0.05, 0) is 0 Å². The molecule has 0 radical (unpaired) electrons. The van der Waals surface area contributed by atoms with Crippen LogP contribution in [0.1, 0.15) is 0 Å². The first-order valence-corrected chi connectivity index (χ1v) is 3.53. The molecular weight excluding hydrogens is 207 g/mol. The summed E-state index contributed by atoms with van der Waals surface area (Å²) in [5.74, 6) is -1.77. The molecule has 1 unspecified atom stereocenters. The first kappa shape index (κ1) is 14.3. The van der Waals surface area contributed by atoms with Crippen LogP contribution in [0.5, 0.6) is 0 Å². The van der Waals surface area contributed by atoms with Crippen molar-refractivity contribution < 1.29 is 64.6 Å². The van der Waals surface area contributed by atoms with Gasteiger partial charge in [0.1, 0.15) is 24.4 Å². The number of hydrogen-bond donors (Lipinski definition) is 4. The molecule has 1 heterocycles. The van der Waals surface area contributed by atoms with E-state index in [9.17, 15) is 9.90 Å². The Hall–Kier alpha value is 0.270. The smallest absolute Gasteiger partial charge is 0.547 e. The van der Waals surface area contributed by atoms with Gasteiger partial charge in [0.05, 0.1) is 5.97 Å². The summed E-state index contributed by atoms with van der Waals surface area (Å²) in [6.07, 6.45) is -9.00. The van der Waals surface area contributed by atoms with Gasteiger partial charge in [0.25, 0.3) is 0 Å². The maximum absolute atomic E-state index is 10.3.